The maximum Gasteiger partial charge on any atom is 0.229 e. The maximum atomic E-state index is 12.5. The lowest BCUT2D eigenvalue weighted by molar-refractivity contribution is -0.131. The van der Waals surface area contributed by atoms with Crippen molar-refractivity contribution >= 4 is 5.91 Å². The third kappa shape index (κ3) is 2.95. The molecule has 0 N–H and O–H groups in total. The number of fused-ring (bicyclic) bond motifs is 2. The number of nitrogens with zero attached hydrogens (tertiary/aromatic N) is 5. The molecule has 0 aromatic carbocycles. The number of hydrogen-bond donors (Lipinski definition) is 0. The van der Waals surface area contributed by atoms with Crippen molar-refractivity contribution in [1.29, 1.82) is 0 Å². The molecule has 1 aliphatic heterocycles. The van der Waals surface area contributed by atoms with E-state index >= 15 is 0 Å². The van der Waals surface area contributed by atoms with E-state index in [-0.39, 0.29) is 23.7 Å². The number of carbonyl (C=O) groups is 1. The highest BCUT2D eigenvalue weighted by Crippen LogP contribution is 2.54. The highest BCUT2D eigenvalue weighted by Gasteiger charge is 2.49. The van der Waals surface area contributed by atoms with Crippen LogP contribution >= 0.6 is 0 Å². The summed E-state index contributed by atoms with van der Waals surface area (Å²) in [5.41, 5.74) is 1.48. The van der Waals surface area contributed by atoms with Crippen molar-refractivity contribution in [3.8, 4) is 0 Å². The Morgan fingerprint density at radius 2 is 1.93 bits per heavy atom. The molecule has 3 heterocycles. The number of piperidine rings is 1. The number of aromatic nitrogens is 4. The summed E-state index contributed by atoms with van der Waals surface area (Å²) in [6.45, 7) is 3.21. The summed E-state index contributed by atoms with van der Waals surface area (Å²) in [5, 5.41) is 11.9. The molecule has 2 saturated carbocycles. The Balaban J connectivity index is 1.20. The van der Waals surface area contributed by atoms with Gasteiger partial charge in [-0.1, -0.05) is 15.5 Å². The fraction of sp³-hybridized carbons (Fsp3) is 0.737. The summed E-state index contributed by atoms with van der Waals surface area (Å²) in [6, 6.07) is 0. The van der Waals surface area contributed by atoms with E-state index in [0.717, 1.165) is 30.5 Å². The molecule has 3 fully saturated rings. The van der Waals surface area contributed by atoms with Crippen molar-refractivity contribution in [1.82, 2.24) is 25.4 Å². The first kappa shape index (κ1) is 16.9. The van der Waals surface area contributed by atoms with Crippen LogP contribution in [0.3, 0.4) is 0 Å². The Bertz CT molecular complexity index is 828. The summed E-state index contributed by atoms with van der Waals surface area (Å²) in [5.74, 6) is 2.88. The Hall–Kier alpha value is -2.25. The molecule has 0 spiro atoms. The smallest absolute Gasteiger partial charge is 0.229 e. The zero-order chi connectivity index (χ0) is 18.4. The Labute approximate surface area is 157 Å². The van der Waals surface area contributed by atoms with Gasteiger partial charge in [0.2, 0.25) is 11.8 Å². The number of aryl methyl sites for hydroxylation is 1. The second kappa shape index (κ2) is 6.42. The highest BCUT2D eigenvalue weighted by molar-refractivity contribution is 5.78. The molecule has 2 aromatic rings. The first-order valence-electron chi connectivity index (χ1n) is 10.0. The van der Waals surface area contributed by atoms with Crippen molar-refractivity contribution in [2.24, 2.45) is 5.92 Å². The molecular formula is C19H25N5O3. The molecule has 0 atom stereocenters. The fourth-order valence-corrected chi connectivity index (χ4v) is 5.16. The number of hydrogen-bond acceptors (Lipinski definition) is 7. The zero-order valence-electron chi connectivity index (χ0n) is 15.7. The van der Waals surface area contributed by atoms with Crippen molar-refractivity contribution in [2.45, 2.75) is 69.6 Å². The molecule has 2 bridgehead atoms. The molecule has 8 heteroatoms. The lowest BCUT2D eigenvalue weighted by Crippen LogP contribution is -2.39. The van der Waals surface area contributed by atoms with Crippen LogP contribution in [0.4, 0.5) is 0 Å². The summed E-state index contributed by atoms with van der Waals surface area (Å²) in [7, 11) is 0. The zero-order valence-corrected chi connectivity index (χ0v) is 15.7. The van der Waals surface area contributed by atoms with Gasteiger partial charge in [-0.25, -0.2) is 4.63 Å². The van der Waals surface area contributed by atoms with E-state index in [9.17, 15) is 4.79 Å². The van der Waals surface area contributed by atoms with E-state index in [0.29, 0.717) is 24.5 Å². The molecule has 8 nitrogen and oxygen atoms in total. The second-order valence-corrected chi connectivity index (χ2v) is 8.51. The van der Waals surface area contributed by atoms with Crippen molar-refractivity contribution in [2.75, 3.05) is 13.1 Å². The van der Waals surface area contributed by atoms with Crippen molar-refractivity contribution in [3.63, 3.8) is 0 Å². The van der Waals surface area contributed by atoms with Gasteiger partial charge in [-0.15, -0.1) is 0 Å². The van der Waals surface area contributed by atoms with Gasteiger partial charge >= 0.3 is 0 Å². The normalized spacial score (nSPS) is 28.2. The molecule has 0 unspecified atom stereocenters. The monoisotopic (exact) mass is 371 g/mol. The van der Waals surface area contributed by atoms with E-state index in [1.165, 1.54) is 32.1 Å². The number of amides is 1. The minimum absolute atomic E-state index is 0.0697. The van der Waals surface area contributed by atoms with Gasteiger partial charge in [0.25, 0.3) is 0 Å². The standard InChI is InChI=1S/C19H25N5O3/c1-12-15(22-27-21-12)10-16(25)24-8-4-14(5-9-24)17-20-18(23-26-17)19-6-2-13(11-19)3-7-19/h13-14H,2-11H2,1H3. The van der Waals surface area contributed by atoms with E-state index in [2.05, 4.69) is 20.1 Å². The molecule has 2 aliphatic carbocycles. The molecule has 144 valence electrons. The van der Waals surface area contributed by atoms with E-state index < -0.39 is 0 Å². The molecule has 2 aromatic heterocycles. The predicted molar refractivity (Wildman–Crippen MR) is 93.8 cm³/mol. The minimum Gasteiger partial charge on any atom is -0.342 e. The number of likely N-dealkylation sites (tertiary alicyclic amines) is 1. The Morgan fingerprint density at radius 1 is 1.15 bits per heavy atom. The van der Waals surface area contributed by atoms with Crippen molar-refractivity contribution < 1.29 is 13.9 Å². The van der Waals surface area contributed by atoms with Gasteiger partial charge in [0.05, 0.1) is 6.42 Å². The van der Waals surface area contributed by atoms with Crippen LogP contribution in [-0.4, -0.2) is 44.4 Å². The van der Waals surface area contributed by atoms with Gasteiger partial charge in [-0.3, -0.25) is 4.79 Å². The van der Waals surface area contributed by atoms with Gasteiger partial charge < -0.3 is 9.42 Å². The van der Waals surface area contributed by atoms with E-state index in [4.69, 9.17) is 9.51 Å². The summed E-state index contributed by atoms with van der Waals surface area (Å²) < 4.78 is 10.3. The van der Waals surface area contributed by atoms with Crippen LogP contribution in [0, 0.1) is 12.8 Å². The summed E-state index contributed by atoms with van der Waals surface area (Å²) in [6.07, 6.45) is 8.23. The second-order valence-electron chi connectivity index (χ2n) is 8.51. The summed E-state index contributed by atoms with van der Waals surface area (Å²) in [4.78, 5) is 19.2. The van der Waals surface area contributed by atoms with Crippen LogP contribution in [0.5, 0.6) is 0 Å². The van der Waals surface area contributed by atoms with Crippen LogP contribution in [0.1, 0.15) is 74.0 Å². The molecular weight excluding hydrogens is 346 g/mol. The van der Waals surface area contributed by atoms with E-state index in [1.54, 1.807) is 6.92 Å². The number of carbonyl (C=O) groups excluding carboxylic acids is 1. The third-order valence-electron chi connectivity index (χ3n) is 6.92. The van der Waals surface area contributed by atoms with Crippen LogP contribution in [0.25, 0.3) is 0 Å². The third-order valence-corrected chi connectivity index (χ3v) is 6.92. The van der Waals surface area contributed by atoms with Crippen LogP contribution in [0.15, 0.2) is 9.15 Å². The number of rotatable bonds is 4. The largest absolute Gasteiger partial charge is 0.342 e. The molecule has 0 radical (unpaired) electrons. The predicted octanol–water partition coefficient (Wildman–Crippen LogP) is 2.54. The van der Waals surface area contributed by atoms with Crippen molar-refractivity contribution in [3.05, 3.63) is 23.1 Å². The molecule has 1 saturated heterocycles. The fourth-order valence-electron chi connectivity index (χ4n) is 5.16. The Morgan fingerprint density at radius 3 is 2.56 bits per heavy atom. The van der Waals surface area contributed by atoms with Crippen LogP contribution in [-0.2, 0) is 16.6 Å². The molecule has 3 aliphatic rings. The lowest BCUT2D eigenvalue weighted by Gasteiger charge is -2.30. The minimum atomic E-state index is 0.0697. The quantitative estimate of drug-likeness (QED) is 0.814. The SMILES string of the molecule is Cc1nonc1CC(=O)N1CCC(c2nc(C34CCC(CC3)C4)no2)CC1. The lowest BCUT2D eigenvalue weighted by atomic mass is 9.83. The van der Waals surface area contributed by atoms with Gasteiger partial charge in [0.15, 0.2) is 5.82 Å². The van der Waals surface area contributed by atoms with Gasteiger partial charge in [0, 0.05) is 24.4 Å². The first-order valence-corrected chi connectivity index (χ1v) is 10.0. The topological polar surface area (TPSA) is 98.2 Å². The first-order chi connectivity index (χ1) is 13.1. The van der Waals surface area contributed by atoms with Gasteiger partial charge in [-0.2, -0.15) is 4.98 Å². The molecule has 1 amide bonds. The van der Waals surface area contributed by atoms with Crippen LogP contribution < -0.4 is 0 Å². The highest BCUT2D eigenvalue weighted by atomic mass is 16.6. The molecule has 5 rings (SSSR count). The van der Waals surface area contributed by atoms with Gasteiger partial charge in [-0.05, 0) is 57.8 Å². The summed E-state index contributed by atoms with van der Waals surface area (Å²) >= 11 is 0. The van der Waals surface area contributed by atoms with Gasteiger partial charge in [0.1, 0.15) is 11.4 Å². The van der Waals surface area contributed by atoms with Crippen LogP contribution in [0.2, 0.25) is 0 Å². The molecule has 27 heavy (non-hydrogen) atoms. The average Bonchev–Trinajstić information content (AvgIpc) is 3.47. The average molecular weight is 371 g/mol. The van der Waals surface area contributed by atoms with E-state index in [1.807, 2.05) is 4.90 Å². The maximum absolute atomic E-state index is 12.5. The Kier molecular flexibility index (Phi) is 4.02.